The SMILES string of the molecule is CCCS(=O)(=O)Nc1ccc(Cl)c(C(=O)Cl)c1F.CCCS(=O)(=O)Nc1ccc(Cl)c(C(=O)Nc2cnc3ccccc3c2)c1F.Nc1cnc2ccccc2c1. The fourth-order valence-corrected chi connectivity index (χ4v) is 8.01. The highest BCUT2D eigenvalue weighted by atomic mass is 35.5. The van der Waals surface area contributed by atoms with Crippen molar-refractivity contribution in [1.29, 1.82) is 0 Å². The zero-order valence-electron chi connectivity index (χ0n) is 30.2. The van der Waals surface area contributed by atoms with E-state index >= 15 is 0 Å². The van der Waals surface area contributed by atoms with Gasteiger partial charge in [0, 0.05) is 10.8 Å². The number of anilines is 4. The molecule has 0 bridgehead atoms. The molecule has 0 atom stereocenters. The Bertz CT molecular complexity index is 2660. The summed E-state index contributed by atoms with van der Waals surface area (Å²) in [5.41, 5.74) is 6.68. The quantitative estimate of drug-likeness (QED) is 0.0919. The predicted octanol–water partition coefficient (Wildman–Crippen LogP) is 9.26. The largest absolute Gasteiger partial charge is 0.397 e. The van der Waals surface area contributed by atoms with Gasteiger partial charge in [-0.3, -0.25) is 29.0 Å². The summed E-state index contributed by atoms with van der Waals surface area (Å²) in [4.78, 5) is 32.0. The van der Waals surface area contributed by atoms with Gasteiger partial charge in [0.15, 0.2) is 11.6 Å². The van der Waals surface area contributed by atoms with Crippen LogP contribution in [0.2, 0.25) is 10.0 Å². The summed E-state index contributed by atoms with van der Waals surface area (Å²) in [5, 5.41) is 3.03. The number of hydrogen-bond donors (Lipinski definition) is 4. The van der Waals surface area contributed by atoms with Gasteiger partial charge in [-0.25, -0.2) is 25.6 Å². The second-order valence-electron chi connectivity index (χ2n) is 12.0. The summed E-state index contributed by atoms with van der Waals surface area (Å²) in [5.74, 6) is -3.25. The number of carbonyl (C=O) groups is 2. The second-order valence-corrected chi connectivity index (χ2v) is 16.9. The molecule has 0 radical (unpaired) electrons. The number of fused-ring (bicyclic) bond motifs is 2. The maximum Gasteiger partial charge on any atom is 0.260 e. The smallest absolute Gasteiger partial charge is 0.260 e. The van der Waals surface area contributed by atoms with Crippen LogP contribution >= 0.6 is 34.8 Å². The van der Waals surface area contributed by atoms with Crippen LogP contribution in [-0.4, -0.2) is 49.5 Å². The van der Waals surface area contributed by atoms with Crippen LogP contribution in [0.1, 0.15) is 47.4 Å². The van der Waals surface area contributed by atoms with Crippen LogP contribution in [-0.2, 0) is 20.0 Å². The van der Waals surface area contributed by atoms with Crippen LogP contribution in [0, 0.1) is 11.6 Å². The van der Waals surface area contributed by atoms with Gasteiger partial charge in [-0.15, -0.1) is 0 Å². The van der Waals surface area contributed by atoms with Crippen molar-refractivity contribution in [3.05, 3.63) is 130 Å². The summed E-state index contributed by atoms with van der Waals surface area (Å²) in [6, 6.07) is 23.6. The Morgan fingerprint density at radius 3 is 1.65 bits per heavy atom. The highest BCUT2D eigenvalue weighted by Crippen LogP contribution is 2.29. The number of pyridine rings is 2. The summed E-state index contributed by atoms with van der Waals surface area (Å²) in [7, 11) is -7.37. The number of halogens is 5. The van der Waals surface area contributed by atoms with E-state index < -0.39 is 54.0 Å². The molecule has 12 nitrogen and oxygen atoms in total. The van der Waals surface area contributed by atoms with Crippen molar-refractivity contribution in [2.45, 2.75) is 26.7 Å². The van der Waals surface area contributed by atoms with Gasteiger partial charge in [-0.1, -0.05) is 73.4 Å². The molecule has 300 valence electrons. The molecule has 0 saturated carbocycles. The zero-order chi connectivity index (χ0) is 41.9. The summed E-state index contributed by atoms with van der Waals surface area (Å²) >= 11 is 16.8. The zero-order valence-corrected chi connectivity index (χ0v) is 34.1. The van der Waals surface area contributed by atoms with Gasteiger partial charge in [0.25, 0.3) is 11.1 Å². The summed E-state index contributed by atoms with van der Waals surface area (Å²) in [6.07, 6.45) is 3.86. The third-order valence-electron chi connectivity index (χ3n) is 7.54. The fraction of sp³-hybridized carbons (Fsp3) is 0.158. The number of aromatic nitrogens is 2. The van der Waals surface area contributed by atoms with Crippen LogP contribution in [0.3, 0.4) is 0 Å². The summed E-state index contributed by atoms with van der Waals surface area (Å²) in [6.45, 7) is 3.36. The predicted molar refractivity (Wildman–Crippen MR) is 224 cm³/mol. The number of benzene rings is 4. The van der Waals surface area contributed by atoms with Crippen molar-refractivity contribution >= 4 is 111 Å². The van der Waals surface area contributed by atoms with E-state index in [0.29, 0.717) is 24.2 Å². The Labute approximate surface area is 342 Å². The first-order valence-electron chi connectivity index (χ1n) is 16.9. The Morgan fingerprint density at radius 2 is 1.14 bits per heavy atom. The lowest BCUT2D eigenvalue weighted by molar-refractivity contribution is 0.102. The van der Waals surface area contributed by atoms with E-state index in [1.807, 2.05) is 59.3 Å². The Hall–Kier alpha value is -5.13. The van der Waals surface area contributed by atoms with E-state index in [-0.39, 0.29) is 32.9 Å². The van der Waals surface area contributed by atoms with E-state index in [1.54, 1.807) is 26.1 Å². The highest BCUT2D eigenvalue weighted by molar-refractivity contribution is 7.92. The number of carbonyl (C=O) groups excluding carboxylic acids is 2. The van der Waals surface area contributed by atoms with Crippen molar-refractivity contribution in [1.82, 2.24) is 9.97 Å². The van der Waals surface area contributed by atoms with Gasteiger partial charge >= 0.3 is 0 Å². The number of amides is 1. The molecule has 0 fully saturated rings. The van der Waals surface area contributed by atoms with Crippen molar-refractivity contribution in [2.75, 3.05) is 32.0 Å². The number of sulfonamides is 2. The number of para-hydroxylation sites is 2. The first kappa shape index (κ1) is 44.6. The first-order chi connectivity index (χ1) is 26.9. The second kappa shape index (κ2) is 19.8. The number of nitrogen functional groups attached to an aromatic ring is 1. The molecule has 19 heteroatoms. The molecule has 0 aliphatic rings. The average molecular weight is 880 g/mol. The molecule has 0 aliphatic carbocycles. The van der Waals surface area contributed by atoms with Gasteiger partial charge in [0.1, 0.15) is 0 Å². The van der Waals surface area contributed by atoms with Gasteiger partial charge in [-0.05, 0) is 73.0 Å². The molecule has 6 aromatic rings. The minimum absolute atomic E-state index is 0.137. The molecule has 2 aromatic heterocycles. The highest BCUT2D eigenvalue weighted by Gasteiger charge is 2.23. The monoisotopic (exact) mass is 878 g/mol. The van der Waals surface area contributed by atoms with Crippen molar-refractivity contribution in [3.8, 4) is 0 Å². The lowest BCUT2D eigenvalue weighted by atomic mass is 10.1. The van der Waals surface area contributed by atoms with E-state index in [0.717, 1.165) is 27.9 Å². The molecule has 5 N–H and O–H groups in total. The first-order valence-corrected chi connectivity index (χ1v) is 21.3. The molecule has 1 amide bonds. The van der Waals surface area contributed by atoms with E-state index in [1.165, 1.54) is 24.4 Å². The van der Waals surface area contributed by atoms with Crippen LogP contribution in [0.15, 0.2) is 97.3 Å². The Kier molecular flexibility index (Phi) is 15.5. The van der Waals surface area contributed by atoms with Crippen molar-refractivity contribution < 1.29 is 35.2 Å². The molecule has 0 aliphatic heterocycles. The third-order valence-corrected chi connectivity index (χ3v) is 11.3. The molecule has 4 aromatic carbocycles. The maximum atomic E-state index is 14.8. The topological polar surface area (TPSA) is 190 Å². The van der Waals surface area contributed by atoms with Gasteiger partial charge in [0.2, 0.25) is 20.0 Å². The van der Waals surface area contributed by atoms with Gasteiger partial charge < -0.3 is 11.1 Å². The molecule has 2 heterocycles. The third kappa shape index (κ3) is 12.4. The van der Waals surface area contributed by atoms with Crippen LogP contribution < -0.4 is 20.5 Å². The van der Waals surface area contributed by atoms with E-state index in [4.69, 9.17) is 40.5 Å². The number of hydrogen-bond acceptors (Lipinski definition) is 9. The molecular formula is C38H35Cl3F2N6O6S2. The number of nitrogens with two attached hydrogens (primary N) is 1. The molecule has 0 unspecified atom stereocenters. The van der Waals surface area contributed by atoms with Gasteiger partial charge in [0.05, 0.1) is 78.9 Å². The van der Waals surface area contributed by atoms with E-state index in [2.05, 4.69) is 20.0 Å². The minimum Gasteiger partial charge on any atom is -0.397 e. The standard InChI is InChI=1S/C19H17ClFN3O3S.C10H10Cl2FNO3S.C9H8N2/c1-2-9-28(26,27)24-16-8-7-14(20)17(18(16)21)19(25)23-13-10-12-5-3-4-6-15(12)22-11-13;1-2-5-18(16,17)14-7-4-3-6(11)8(9(7)13)10(12)15;10-8-5-7-3-1-2-4-9(7)11-6-8/h3-8,10-11,24H,2,9H2,1H3,(H,23,25);3-4,14H,2,5H2,1H3;1-6H,10H2. The summed E-state index contributed by atoms with van der Waals surface area (Å²) < 4.78 is 79.6. The Morgan fingerprint density at radius 1 is 0.684 bits per heavy atom. The molecule has 57 heavy (non-hydrogen) atoms. The lowest BCUT2D eigenvalue weighted by Crippen LogP contribution is -2.20. The molecule has 6 rings (SSSR count). The molecule has 0 saturated heterocycles. The van der Waals surface area contributed by atoms with Crippen LogP contribution in [0.5, 0.6) is 0 Å². The number of rotatable bonds is 11. The number of nitrogens with zero attached hydrogens (tertiary/aromatic N) is 2. The maximum absolute atomic E-state index is 14.8. The lowest BCUT2D eigenvalue weighted by Gasteiger charge is -2.13. The minimum atomic E-state index is -3.72. The number of nitrogens with one attached hydrogen (secondary N) is 3. The van der Waals surface area contributed by atoms with Gasteiger partial charge in [-0.2, -0.15) is 0 Å². The van der Waals surface area contributed by atoms with Crippen LogP contribution in [0.25, 0.3) is 21.8 Å². The van der Waals surface area contributed by atoms with Crippen LogP contribution in [0.4, 0.5) is 31.5 Å². The fourth-order valence-electron chi connectivity index (χ4n) is 5.05. The molecule has 0 spiro atoms. The average Bonchev–Trinajstić information content (AvgIpc) is 3.14. The van der Waals surface area contributed by atoms with Crippen molar-refractivity contribution in [2.24, 2.45) is 0 Å². The molecular weight excluding hydrogens is 845 g/mol. The Balaban J connectivity index is 0.000000211. The van der Waals surface area contributed by atoms with E-state index in [9.17, 15) is 35.2 Å². The normalized spacial score (nSPS) is 11.1. The van der Waals surface area contributed by atoms with Crippen molar-refractivity contribution in [3.63, 3.8) is 0 Å².